The molecule has 0 bridgehead atoms. The topological polar surface area (TPSA) is 12.9 Å². The number of nitrogens with zero attached hydrogens (tertiary/aromatic N) is 1. The monoisotopic (exact) mass is 281 g/mol. The summed E-state index contributed by atoms with van der Waals surface area (Å²) in [5.74, 6) is 0. The van der Waals surface area contributed by atoms with Crippen LogP contribution >= 0.6 is 0 Å². The molecule has 0 aliphatic carbocycles. The molecule has 21 heavy (non-hydrogen) atoms. The Labute approximate surface area is 129 Å². The summed E-state index contributed by atoms with van der Waals surface area (Å²) in [6.45, 7) is 15.5. The summed E-state index contributed by atoms with van der Waals surface area (Å²) >= 11 is 0. The summed E-state index contributed by atoms with van der Waals surface area (Å²) in [6, 6.07) is 13.2. The maximum Gasteiger partial charge on any atom is 0.0466 e. The van der Waals surface area contributed by atoms with E-state index in [1.54, 1.807) is 0 Å². The van der Waals surface area contributed by atoms with E-state index in [4.69, 9.17) is 4.98 Å². The normalized spacial score (nSPS) is 12.5. The van der Waals surface area contributed by atoms with Gasteiger partial charge in [-0.25, -0.2) is 0 Å². The van der Waals surface area contributed by atoms with Crippen LogP contribution in [-0.2, 0) is 10.8 Å². The average Bonchev–Trinajstić information content (AvgIpc) is 2.37. The predicted octanol–water partition coefficient (Wildman–Crippen LogP) is 5.65. The Morgan fingerprint density at radius 2 is 1.10 bits per heavy atom. The highest BCUT2D eigenvalue weighted by molar-refractivity contribution is 5.65. The fourth-order valence-corrected chi connectivity index (χ4v) is 2.21. The van der Waals surface area contributed by atoms with Crippen LogP contribution in [0.2, 0.25) is 0 Å². The van der Waals surface area contributed by atoms with Crippen LogP contribution in [0.1, 0.15) is 58.5 Å². The largest absolute Gasteiger partial charge is 0.257 e. The van der Waals surface area contributed by atoms with Crippen molar-refractivity contribution >= 4 is 0 Å². The Bertz CT molecular complexity index is 590. The second-order valence-electron chi connectivity index (χ2n) is 7.99. The van der Waals surface area contributed by atoms with E-state index in [9.17, 15) is 0 Å². The lowest BCUT2D eigenvalue weighted by molar-refractivity contribution is 0.531. The van der Waals surface area contributed by atoms with Crippen molar-refractivity contribution in [3.63, 3.8) is 0 Å². The number of hydrogen-bond donors (Lipinski definition) is 0. The summed E-state index contributed by atoms with van der Waals surface area (Å²) in [7, 11) is 0. The van der Waals surface area contributed by atoms with Crippen molar-refractivity contribution in [1.82, 2.24) is 4.98 Å². The van der Waals surface area contributed by atoms with Gasteiger partial charge in [0.25, 0.3) is 0 Å². The van der Waals surface area contributed by atoms with Crippen molar-refractivity contribution in [1.29, 1.82) is 0 Å². The molecule has 1 nitrogen and oxygen atoms in total. The van der Waals surface area contributed by atoms with Gasteiger partial charge in [-0.05, 0) is 30.2 Å². The van der Waals surface area contributed by atoms with Crippen LogP contribution < -0.4 is 0 Å². The van der Waals surface area contributed by atoms with Gasteiger partial charge < -0.3 is 0 Å². The zero-order valence-corrected chi connectivity index (χ0v) is 14.4. The molecule has 0 amide bonds. The second-order valence-corrected chi connectivity index (χ2v) is 7.99. The Balaban J connectivity index is 2.63. The molecule has 0 fully saturated rings. The van der Waals surface area contributed by atoms with Crippen LogP contribution in [0.5, 0.6) is 0 Å². The first kappa shape index (κ1) is 15.8. The number of benzene rings is 1. The van der Waals surface area contributed by atoms with E-state index in [0.29, 0.717) is 0 Å². The molecule has 0 aliphatic heterocycles. The van der Waals surface area contributed by atoms with Crippen molar-refractivity contribution in [3.05, 3.63) is 53.3 Å². The van der Waals surface area contributed by atoms with E-state index in [-0.39, 0.29) is 10.8 Å². The quantitative estimate of drug-likeness (QED) is 0.658. The summed E-state index contributed by atoms with van der Waals surface area (Å²) in [6.07, 6.45) is 0. The number of aromatic nitrogens is 1. The van der Waals surface area contributed by atoms with Gasteiger partial charge in [0.15, 0.2) is 0 Å². The van der Waals surface area contributed by atoms with Gasteiger partial charge in [-0.3, -0.25) is 4.98 Å². The van der Waals surface area contributed by atoms with Crippen LogP contribution in [0, 0.1) is 6.92 Å². The van der Waals surface area contributed by atoms with Gasteiger partial charge in [-0.2, -0.15) is 0 Å². The highest BCUT2D eigenvalue weighted by Gasteiger charge is 2.22. The predicted molar refractivity (Wildman–Crippen MR) is 91.8 cm³/mol. The molecule has 1 aromatic heterocycles. The van der Waals surface area contributed by atoms with E-state index in [1.165, 1.54) is 16.7 Å². The van der Waals surface area contributed by atoms with Crippen LogP contribution in [0.3, 0.4) is 0 Å². The van der Waals surface area contributed by atoms with Crippen LogP contribution in [0.25, 0.3) is 11.1 Å². The Morgan fingerprint density at radius 3 is 1.48 bits per heavy atom. The molecule has 112 valence electrons. The van der Waals surface area contributed by atoms with Gasteiger partial charge in [0, 0.05) is 22.2 Å². The zero-order valence-electron chi connectivity index (χ0n) is 14.4. The summed E-state index contributed by atoms with van der Waals surface area (Å²) in [5.41, 5.74) is 6.25. The van der Waals surface area contributed by atoms with E-state index in [1.807, 2.05) is 0 Å². The highest BCUT2D eigenvalue weighted by Crippen LogP contribution is 2.31. The van der Waals surface area contributed by atoms with Gasteiger partial charge in [0.05, 0.1) is 0 Å². The lowest BCUT2D eigenvalue weighted by atomic mass is 9.85. The molecule has 1 heterocycles. The molecule has 0 N–H and O–H groups in total. The SMILES string of the molecule is Cc1ccc(-c2cc(C(C)(C)C)nc(C(C)(C)C)c2)cc1. The molecule has 0 saturated carbocycles. The average molecular weight is 281 g/mol. The molecule has 0 aliphatic rings. The van der Waals surface area contributed by atoms with Gasteiger partial charge >= 0.3 is 0 Å². The van der Waals surface area contributed by atoms with Crippen molar-refractivity contribution < 1.29 is 0 Å². The van der Waals surface area contributed by atoms with E-state index < -0.39 is 0 Å². The third kappa shape index (κ3) is 3.72. The summed E-state index contributed by atoms with van der Waals surface area (Å²) in [5, 5.41) is 0. The molecule has 0 spiro atoms. The number of hydrogen-bond acceptors (Lipinski definition) is 1. The van der Waals surface area contributed by atoms with Crippen molar-refractivity contribution in [2.75, 3.05) is 0 Å². The standard InChI is InChI=1S/C20H27N/c1-14-8-10-15(11-9-14)16-12-17(19(2,3)4)21-18(13-16)20(5,6)7/h8-13H,1-7H3. The molecule has 0 atom stereocenters. The summed E-state index contributed by atoms with van der Waals surface area (Å²) < 4.78 is 0. The van der Waals surface area contributed by atoms with E-state index in [0.717, 1.165) is 11.4 Å². The zero-order chi connectivity index (χ0) is 15.8. The molecule has 2 rings (SSSR count). The summed E-state index contributed by atoms with van der Waals surface area (Å²) in [4.78, 5) is 4.92. The first-order valence-electron chi connectivity index (χ1n) is 7.67. The van der Waals surface area contributed by atoms with Crippen LogP contribution in [0.4, 0.5) is 0 Å². The molecule has 1 heteroatoms. The molecule has 0 saturated heterocycles. The number of pyridine rings is 1. The Morgan fingerprint density at radius 1 is 0.667 bits per heavy atom. The minimum Gasteiger partial charge on any atom is -0.257 e. The van der Waals surface area contributed by atoms with Crippen LogP contribution in [0.15, 0.2) is 36.4 Å². The fraction of sp³-hybridized carbons (Fsp3) is 0.450. The minimum absolute atomic E-state index is 0.0563. The van der Waals surface area contributed by atoms with Gasteiger partial charge in [-0.1, -0.05) is 71.4 Å². The van der Waals surface area contributed by atoms with Crippen molar-refractivity contribution in [3.8, 4) is 11.1 Å². The van der Waals surface area contributed by atoms with Crippen molar-refractivity contribution in [2.24, 2.45) is 0 Å². The van der Waals surface area contributed by atoms with Gasteiger partial charge in [-0.15, -0.1) is 0 Å². The lowest BCUT2D eigenvalue weighted by Gasteiger charge is -2.25. The van der Waals surface area contributed by atoms with Gasteiger partial charge in [0.2, 0.25) is 0 Å². The number of rotatable bonds is 1. The third-order valence-corrected chi connectivity index (χ3v) is 3.75. The fourth-order valence-electron chi connectivity index (χ4n) is 2.21. The maximum absolute atomic E-state index is 4.92. The van der Waals surface area contributed by atoms with Crippen LogP contribution in [-0.4, -0.2) is 4.98 Å². The third-order valence-electron chi connectivity index (χ3n) is 3.75. The van der Waals surface area contributed by atoms with E-state index >= 15 is 0 Å². The van der Waals surface area contributed by atoms with Crippen molar-refractivity contribution in [2.45, 2.75) is 59.3 Å². The molecule has 0 unspecified atom stereocenters. The molecular formula is C20H27N. The minimum atomic E-state index is 0.0563. The highest BCUT2D eigenvalue weighted by atomic mass is 14.7. The van der Waals surface area contributed by atoms with E-state index in [2.05, 4.69) is 84.9 Å². The molecule has 0 radical (unpaired) electrons. The first-order valence-corrected chi connectivity index (χ1v) is 7.67. The number of aryl methyl sites for hydroxylation is 1. The Kier molecular flexibility index (Phi) is 3.97. The smallest absolute Gasteiger partial charge is 0.0466 e. The first-order chi connectivity index (χ1) is 9.57. The Hall–Kier alpha value is -1.63. The van der Waals surface area contributed by atoms with Gasteiger partial charge in [0.1, 0.15) is 0 Å². The lowest BCUT2D eigenvalue weighted by Crippen LogP contribution is -2.20. The second kappa shape index (κ2) is 5.29. The molecule has 1 aromatic carbocycles. The maximum atomic E-state index is 4.92. The molecular weight excluding hydrogens is 254 g/mol. The molecule has 2 aromatic rings.